The number of ether oxygens (including phenoxy) is 3. The van der Waals surface area contributed by atoms with E-state index in [1.54, 1.807) is 11.1 Å². The standard InChI is InChI=1S/C31H37ClN4O5/c1-31(2,3)41-30(38)36-8-11-40-18-27(36)24-13-20(21-14-25-26(32)16-34-28(25)33-15-21)12-22-17-35(7-4-23(22)24)29(37)19-5-9-39-10-6-19/h12-16,19,27H,4-11,17-18H2,1-3H3,(H,33,34)/t27-/m0/s1. The predicted molar refractivity (Wildman–Crippen MR) is 156 cm³/mol. The number of aromatic nitrogens is 2. The minimum Gasteiger partial charge on any atom is -0.444 e. The molecule has 1 aromatic carbocycles. The van der Waals surface area contributed by atoms with Crippen LogP contribution in [0.5, 0.6) is 0 Å². The molecule has 218 valence electrons. The highest BCUT2D eigenvalue weighted by atomic mass is 35.5. The number of hydrogen-bond donors (Lipinski definition) is 1. The van der Waals surface area contributed by atoms with Crippen LogP contribution in [0.3, 0.4) is 0 Å². The van der Waals surface area contributed by atoms with Gasteiger partial charge in [0.15, 0.2) is 0 Å². The van der Waals surface area contributed by atoms with E-state index < -0.39 is 5.60 Å². The maximum absolute atomic E-state index is 13.5. The number of pyridine rings is 1. The minimum atomic E-state index is -0.608. The molecule has 0 spiro atoms. The fourth-order valence-corrected chi connectivity index (χ4v) is 6.32. The van der Waals surface area contributed by atoms with E-state index in [4.69, 9.17) is 25.8 Å². The van der Waals surface area contributed by atoms with E-state index in [2.05, 4.69) is 22.1 Å². The van der Waals surface area contributed by atoms with Crippen molar-refractivity contribution < 1.29 is 23.8 Å². The van der Waals surface area contributed by atoms with Crippen molar-refractivity contribution in [3.63, 3.8) is 0 Å². The van der Waals surface area contributed by atoms with Gasteiger partial charge in [0.2, 0.25) is 5.91 Å². The van der Waals surface area contributed by atoms with Gasteiger partial charge >= 0.3 is 6.09 Å². The summed E-state index contributed by atoms with van der Waals surface area (Å²) in [7, 11) is 0. The molecular formula is C31H37ClN4O5. The lowest BCUT2D eigenvalue weighted by molar-refractivity contribution is -0.139. The summed E-state index contributed by atoms with van der Waals surface area (Å²) in [5, 5.41) is 1.45. The van der Waals surface area contributed by atoms with E-state index in [9.17, 15) is 9.59 Å². The normalized spacial score (nSPS) is 20.2. The Hall–Kier alpha value is -3.14. The van der Waals surface area contributed by atoms with Crippen LogP contribution in [-0.4, -0.2) is 76.9 Å². The van der Waals surface area contributed by atoms with Gasteiger partial charge in [-0.2, -0.15) is 0 Å². The number of carbonyl (C=O) groups excluding carboxylic acids is 2. The molecular weight excluding hydrogens is 544 g/mol. The number of fused-ring (bicyclic) bond motifs is 2. The lowest BCUT2D eigenvalue weighted by atomic mass is 9.86. The second-order valence-corrected chi connectivity index (χ2v) is 12.5. The molecule has 3 aliphatic heterocycles. The zero-order valence-electron chi connectivity index (χ0n) is 23.9. The van der Waals surface area contributed by atoms with Crippen LogP contribution in [0.2, 0.25) is 5.02 Å². The van der Waals surface area contributed by atoms with E-state index in [1.165, 1.54) is 5.56 Å². The van der Waals surface area contributed by atoms with Gasteiger partial charge in [-0.25, -0.2) is 9.78 Å². The van der Waals surface area contributed by atoms with Crippen molar-refractivity contribution in [2.24, 2.45) is 5.92 Å². The fourth-order valence-electron chi connectivity index (χ4n) is 6.12. The van der Waals surface area contributed by atoms with Crippen LogP contribution in [0.4, 0.5) is 4.79 Å². The number of H-pyrrole nitrogens is 1. The first kappa shape index (κ1) is 28.0. The number of hydrogen-bond acceptors (Lipinski definition) is 6. The van der Waals surface area contributed by atoms with E-state index in [0.717, 1.165) is 46.1 Å². The van der Waals surface area contributed by atoms with Gasteiger partial charge < -0.3 is 24.1 Å². The number of aromatic amines is 1. The van der Waals surface area contributed by atoms with Crippen molar-refractivity contribution in [3.8, 4) is 11.1 Å². The molecule has 10 heteroatoms. The Morgan fingerprint density at radius 1 is 1.07 bits per heavy atom. The molecule has 0 saturated carbocycles. The highest BCUT2D eigenvalue weighted by Gasteiger charge is 2.36. The van der Waals surface area contributed by atoms with E-state index in [0.29, 0.717) is 57.5 Å². The lowest BCUT2D eigenvalue weighted by Gasteiger charge is -2.40. The van der Waals surface area contributed by atoms with Gasteiger partial charge in [-0.3, -0.25) is 9.69 Å². The van der Waals surface area contributed by atoms with Crippen LogP contribution in [-0.2, 0) is 32.0 Å². The number of nitrogens with zero attached hydrogens (tertiary/aromatic N) is 3. The SMILES string of the molecule is CC(C)(C)OC(=O)N1CCOC[C@H]1c1cc(-c2cnc3[nH]cc(Cl)c3c2)cc2c1CCN(C(=O)C1CCOCC1)C2. The molecule has 5 heterocycles. The zero-order chi connectivity index (χ0) is 28.7. The van der Waals surface area contributed by atoms with Crippen LogP contribution in [0.15, 0.2) is 30.6 Å². The van der Waals surface area contributed by atoms with Crippen LogP contribution in [0.1, 0.15) is 56.3 Å². The molecule has 9 nitrogen and oxygen atoms in total. The van der Waals surface area contributed by atoms with Crippen molar-refractivity contribution in [2.75, 3.05) is 39.5 Å². The summed E-state index contributed by atoms with van der Waals surface area (Å²) in [6, 6.07) is 6.03. The molecule has 0 bridgehead atoms. The number of halogens is 1. The van der Waals surface area contributed by atoms with Crippen molar-refractivity contribution in [1.82, 2.24) is 19.8 Å². The van der Waals surface area contributed by atoms with Gasteiger partial charge in [0.25, 0.3) is 0 Å². The Labute approximate surface area is 245 Å². The Morgan fingerprint density at radius 3 is 2.66 bits per heavy atom. The Kier molecular flexibility index (Phi) is 7.70. The number of benzene rings is 1. The summed E-state index contributed by atoms with van der Waals surface area (Å²) in [6.45, 7) is 9.34. The quantitative estimate of drug-likeness (QED) is 0.439. The second-order valence-electron chi connectivity index (χ2n) is 12.1. The van der Waals surface area contributed by atoms with Crippen molar-refractivity contribution >= 4 is 34.6 Å². The van der Waals surface area contributed by atoms with Crippen molar-refractivity contribution in [2.45, 2.75) is 58.2 Å². The number of carbonyl (C=O) groups is 2. The summed E-state index contributed by atoms with van der Waals surface area (Å²) in [4.78, 5) is 38.3. The molecule has 41 heavy (non-hydrogen) atoms. The van der Waals surface area contributed by atoms with E-state index >= 15 is 0 Å². The smallest absolute Gasteiger partial charge is 0.410 e. The first-order valence-corrected chi connectivity index (χ1v) is 14.8. The highest BCUT2D eigenvalue weighted by Crippen LogP contribution is 2.38. The maximum atomic E-state index is 13.5. The summed E-state index contributed by atoms with van der Waals surface area (Å²) in [5.74, 6) is 0.203. The van der Waals surface area contributed by atoms with Crippen LogP contribution < -0.4 is 0 Å². The number of amides is 2. The third-order valence-electron chi connectivity index (χ3n) is 8.18. The second kappa shape index (κ2) is 11.3. The Bertz CT molecular complexity index is 1460. The third kappa shape index (κ3) is 5.80. The minimum absolute atomic E-state index is 0.00435. The average molecular weight is 581 g/mol. The first-order chi connectivity index (χ1) is 19.7. The molecule has 3 aromatic rings. The van der Waals surface area contributed by atoms with Gasteiger partial charge in [-0.15, -0.1) is 0 Å². The van der Waals surface area contributed by atoms with Gasteiger partial charge in [0.05, 0.1) is 24.3 Å². The third-order valence-corrected chi connectivity index (χ3v) is 8.49. The summed E-state index contributed by atoms with van der Waals surface area (Å²) >= 11 is 6.44. The summed E-state index contributed by atoms with van der Waals surface area (Å²) in [6.07, 6.45) is 5.46. The molecule has 3 aliphatic rings. The van der Waals surface area contributed by atoms with Crippen LogP contribution in [0, 0.1) is 5.92 Å². The monoisotopic (exact) mass is 580 g/mol. The molecule has 0 unspecified atom stereocenters. The van der Waals surface area contributed by atoms with Crippen molar-refractivity contribution in [1.29, 1.82) is 0 Å². The topological polar surface area (TPSA) is 97.0 Å². The van der Waals surface area contributed by atoms with Gasteiger partial charge in [0.1, 0.15) is 11.2 Å². The first-order valence-electron chi connectivity index (χ1n) is 14.4. The maximum Gasteiger partial charge on any atom is 0.410 e. The molecule has 2 fully saturated rings. The van der Waals surface area contributed by atoms with Gasteiger partial charge in [0, 0.05) is 62.1 Å². The fraction of sp³-hybridized carbons (Fsp3) is 0.516. The molecule has 0 radical (unpaired) electrons. The predicted octanol–water partition coefficient (Wildman–Crippen LogP) is 5.50. The molecule has 1 N–H and O–H groups in total. The Morgan fingerprint density at radius 2 is 1.88 bits per heavy atom. The zero-order valence-corrected chi connectivity index (χ0v) is 24.6. The van der Waals surface area contributed by atoms with Gasteiger partial charge in [-0.1, -0.05) is 11.6 Å². The molecule has 2 amide bonds. The van der Waals surface area contributed by atoms with Crippen LogP contribution >= 0.6 is 11.6 Å². The van der Waals surface area contributed by atoms with Crippen molar-refractivity contribution in [3.05, 3.63) is 52.3 Å². The van der Waals surface area contributed by atoms with Gasteiger partial charge in [-0.05, 0) is 80.5 Å². The molecule has 2 aromatic heterocycles. The largest absolute Gasteiger partial charge is 0.444 e. The van der Waals surface area contributed by atoms with Crippen LogP contribution in [0.25, 0.3) is 22.2 Å². The lowest BCUT2D eigenvalue weighted by Crippen LogP contribution is -2.46. The number of rotatable bonds is 3. The molecule has 1 atom stereocenters. The molecule has 6 rings (SSSR count). The van der Waals surface area contributed by atoms with E-state index in [-0.39, 0.29) is 24.0 Å². The Balaban J connectivity index is 1.41. The molecule has 2 saturated heterocycles. The summed E-state index contributed by atoms with van der Waals surface area (Å²) < 4.78 is 17.2. The average Bonchev–Trinajstić information content (AvgIpc) is 3.35. The summed E-state index contributed by atoms with van der Waals surface area (Å²) in [5.41, 5.74) is 5.27. The number of nitrogens with one attached hydrogen (secondary N) is 1. The highest BCUT2D eigenvalue weighted by molar-refractivity contribution is 6.35. The number of morpholine rings is 1. The molecule has 0 aliphatic carbocycles. The van der Waals surface area contributed by atoms with E-state index in [1.807, 2.05) is 37.9 Å².